The second kappa shape index (κ2) is 4.88. The van der Waals surface area contributed by atoms with E-state index < -0.39 is 0 Å². The molecule has 20 heavy (non-hydrogen) atoms. The second-order valence-corrected chi connectivity index (χ2v) is 5.74. The monoisotopic (exact) mass is 262 g/mol. The number of aromatic nitrogens is 1. The lowest BCUT2D eigenvalue weighted by atomic mass is 9.97. The van der Waals surface area contributed by atoms with Gasteiger partial charge in [0.1, 0.15) is 0 Å². The quantitative estimate of drug-likeness (QED) is 0.895. The molecule has 2 aromatic rings. The van der Waals surface area contributed by atoms with Crippen LogP contribution in [0.4, 0.5) is 0 Å². The highest BCUT2D eigenvalue weighted by atomic mass is 14.9. The number of allylic oxidation sites excluding steroid dienone is 1. The fraction of sp³-hybridized carbons (Fsp3) is 0.278. The number of hydrogen-bond donors (Lipinski definition) is 1. The summed E-state index contributed by atoms with van der Waals surface area (Å²) in [7, 11) is 0. The fourth-order valence-electron chi connectivity index (χ4n) is 3.39. The summed E-state index contributed by atoms with van der Waals surface area (Å²) in [5, 5.41) is 3.62. The number of fused-ring (bicyclic) bond motifs is 2. The molecule has 1 aliphatic heterocycles. The molecule has 1 N–H and O–H groups in total. The first-order valence-corrected chi connectivity index (χ1v) is 7.36. The second-order valence-electron chi connectivity index (χ2n) is 5.74. The Morgan fingerprint density at radius 2 is 1.85 bits per heavy atom. The molecule has 0 saturated carbocycles. The molecule has 2 heteroatoms. The van der Waals surface area contributed by atoms with Crippen LogP contribution in [0.15, 0.2) is 54.9 Å². The van der Waals surface area contributed by atoms with E-state index in [0.717, 1.165) is 12.5 Å². The summed E-state index contributed by atoms with van der Waals surface area (Å²) in [6.45, 7) is 1.14. The van der Waals surface area contributed by atoms with E-state index in [4.69, 9.17) is 0 Å². The van der Waals surface area contributed by atoms with Crippen molar-refractivity contribution in [2.45, 2.75) is 18.9 Å². The van der Waals surface area contributed by atoms with Gasteiger partial charge >= 0.3 is 0 Å². The molecule has 1 aromatic heterocycles. The predicted molar refractivity (Wildman–Crippen MR) is 82.2 cm³/mol. The minimum atomic E-state index is 0.529. The van der Waals surface area contributed by atoms with Crippen molar-refractivity contribution in [3.8, 4) is 11.1 Å². The Morgan fingerprint density at radius 3 is 2.70 bits per heavy atom. The summed E-state index contributed by atoms with van der Waals surface area (Å²) in [4.78, 5) is 4.45. The molecule has 0 radical (unpaired) electrons. The van der Waals surface area contributed by atoms with Crippen LogP contribution < -0.4 is 5.32 Å². The van der Waals surface area contributed by atoms with Crippen molar-refractivity contribution in [2.75, 3.05) is 6.54 Å². The first kappa shape index (κ1) is 11.9. The third kappa shape index (κ3) is 2.06. The Hall–Kier alpha value is -1.93. The van der Waals surface area contributed by atoms with Crippen LogP contribution in [0.3, 0.4) is 0 Å². The zero-order valence-corrected chi connectivity index (χ0v) is 11.4. The molecule has 2 unspecified atom stereocenters. The van der Waals surface area contributed by atoms with Gasteiger partial charge in [-0.1, -0.05) is 36.4 Å². The summed E-state index contributed by atoms with van der Waals surface area (Å²) in [5.41, 5.74) is 5.15. The maximum Gasteiger partial charge on any atom is 0.0346 e. The van der Waals surface area contributed by atoms with Gasteiger partial charge < -0.3 is 5.32 Å². The van der Waals surface area contributed by atoms with Crippen molar-refractivity contribution in [3.05, 3.63) is 60.4 Å². The Kier molecular flexibility index (Phi) is 2.89. The van der Waals surface area contributed by atoms with Gasteiger partial charge in [-0.15, -0.1) is 0 Å². The number of pyridine rings is 1. The van der Waals surface area contributed by atoms with E-state index >= 15 is 0 Å². The first-order chi connectivity index (χ1) is 9.90. The number of benzene rings is 1. The Bertz CT molecular complexity index is 645. The minimum Gasteiger partial charge on any atom is -0.310 e. The van der Waals surface area contributed by atoms with Crippen LogP contribution in [0.25, 0.3) is 16.7 Å². The predicted octanol–water partition coefficient (Wildman–Crippen LogP) is 3.51. The van der Waals surface area contributed by atoms with Crippen molar-refractivity contribution < 1.29 is 0 Å². The Morgan fingerprint density at radius 1 is 1.00 bits per heavy atom. The van der Waals surface area contributed by atoms with Crippen molar-refractivity contribution in [1.29, 1.82) is 0 Å². The van der Waals surface area contributed by atoms with E-state index in [9.17, 15) is 0 Å². The molecular formula is C18H18N2. The summed E-state index contributed by atoms with van der Waals surface area (Å²) in [6.07, 6.45) is 8.93. The SMILES string of the molecule is C1=C(c2cncc(-c3ccccc3)c2)C2CC1CCN2. The molecule has 2 atom stereocenters. The number of hydrogen-bond acceptors (Lipinski definition) is 2. The van der Waals surface area contributed by atoms with Gasteiger partial charge in [-0.05, 0) is 48.1 Å². The molecule has 2 aliphatic rings. The normalized spacial score (nSPS) is 24.5. The lowest BCUT2D eigenvalue weighted by Crippen LogP contribution is -2.34. The maximum absolute atomic E-state index is 4.45. The third-order valence-electron chi connectivity index (χ3n) is 4.41. The van der Waals surface area contributed by atoms with Gasteiger partial charge in [0.25, 0.3) is 0 Å². The fourth-order valence-corrected chi connectivity index (χ4v) is 3.39. The van der Waals surface area contributed by atoms with Crippen molar-refractivity contribution in [1.82, 2.24) is 10.3 Å². The van der Waals surface area contributed by atoms with Gasteiger partial charge in [0.2, 0.25) is 0 Å². The Labute approximate surface area is 119 Å². The average molecular weight is 262 g/mol. The maximum atomic E-state index is 4.45. The zero-order chi connectivity index (χ0) is 13.4. The van der Waals surface area contributed by atoms with E-state index in [1.54, 1.807) is 0 Å². The van der Waals surface area contributed by atoms with E-state index in [2.05, 4.69) is 46.7 Å². The van der Waals surface area contributed by atoms with Crippen LogP contribution in [0, 0.1) is 5.92 Å². The van der Waals surface area contributed by atoms with E-state index in [0.29, 0.717) is 6.04 Å². The van der Waals surface area contributed by atoms with Crippen LogP contribution >= 0.6 is 0 Å². The lowest BCUT2D eigenvalue weighted by Gasteiger charge is -2.22. The lowest BCUT2D eigenvalue weighted by molar-refractivity contribution is 0.417. The highest BCUT2D eigenvalue weighted by molar-refractivity contribution is 5.75. The zero-order valence-electron chi connectivity index (χ0n) is 11.4. The first-order valence-electron chi connectivity index (χ1n) is 7.36. The van der Waals surface area contributed by atoms with Crippen molar-refractivity contribution in [3.63, 3.8) is 0 Å². The number of nitrogens with one attached hydrogen (secondary N) is 1. The molecule has 1 saturated heterocycles. The van der Waals surface area contributed by atoms with Gasteiger partial charge in [-0.25, -0.2) is 0 Å². The molecule has 1 fully saturated rings. The number of rotatable bonds is 2. The third-order valence-corrected chi connectivity index (χ3v) is 4.41. The molecule has 100 valence electrons. The van der Waals surface area contributed by atoms with Gasteiger partial charge in [-0.3, -0.25) is 4.98 Å². The molecular weight excluding hydrogens is 244 g/mol. The Balaban J connectivity index is 1.72. The topological polar surface area (TPSA) is 24.9 Å². The summed E-state index contributed by atoms with van der Waals surface area (Å²) < 4.78 is 0. The van der Waals surface area contributed by atoms with Crippen molar-refractivity contribution >= 4 is 5.57 Å². The van der Waals surface area contributed by atoms with Crippen LogP contribution in [-0.2, 0) is 0 Å². The summed E-state index contributed by atoms with van der Waals surface area (Å²) in [6, 6.07) is 13.3. The highest BCUT2D eigenvalue weighted by Gasteiger charge is 2.30. The van der Waals surface area contributed by atoms with Crippen LogP contribution in [-0.4, -0.2) is 17.6 Å². The largest absolute Gasteiger partial charge is 0.310 e. The molecule has 1 aliphatic carbocycles. The molecule has 2 heterocycles. The van der Waals surface area contributed by atoms with Crippen molar-refractivity contribution in [2.24, 2.45) is 5.92 Å². The molecule has 0 amide bonds. The van der Waals surface area contributed by atoms with Gasteiger partial charge in [-0.2, -0.15) is 0 Å². The summed E-state index contributed by atoms with van der Waals surface area (Å²) in [5.74, 6) is 0.761. The molecule has 1 aromatic carbocycles. The van der Waals surface area contributed by atoms with E-state index in [1.165, 1.54) is 35.1 Å². The molecule has 0 spiro atoms. The average Bonchev–Trinajstić information content (AvgIpc) is 2.82. The van der Waals surface area contributed by atoms with Crippen LogP contribution in [0.1, 0.15) is 18.4 Å². The molecule has 4 rings (SSSR count). The van der Waals surface area contributed by atoms with Gasteiger partial charge in [0.05, 0.1) is 0 Å². The van der Waals surface area contributed by atoms with Gasteiger partial charge in [0.15, 0.2) is 0 Å². The van der Waals surface area contributed by atoms with E-state index in [1.807, 2.05) is 18.5 Å². The van der Waals surface area contributed by atoms with E-state index in [-0.39, 0.29) is 0 Å². The number of nitrogens with zero attached hydrogens (tertiary/aromatic N) is 1. The summed E-state index contributed by atoms with van der Waals surface area (Å²) >= 11 is 0. The minimum absolute atomic E-state index is 0.529. The van der Waals surface area contributed by atoms with Crippen LogP contribution in [0.5, 0.6) is 0 Å². The standard InChI is InChI=1S/C18H18N2/c1-2-4-14(5-3-1)15-10-16(12-19-11-15)17-8-13-6-7-20-18(17)9-13/h1-5,8,10-13,18,20H,6-7,9H2. The molecule has 2 bridgehead atoms. The highest BCUT2D eigenvalue weighted by Crippen LogP contribution is 2.36. The smallest absolute Gasteiger partial charge is 0.0346 e. The van der Waals surface area contributed by atoms with Gasteiger partial charge in [0, 0.05) is 24.0 Å². The molecule has 2 nitrogen and oxygen atoms in total. The number of piperidine rings is 1. The van der Waals surface area contributed by atoms with Crippen LogP contribution in [0.2, 0.25) is 0 Å².